The summed E-state index contributed by atoms with van der Waals surface area (Å²) >= 11 is 6.07. The number of carbonyl (C=O) groups excluding carboxylic acids is 1. The number of imidazole rings is 1. The molecule has 1 heterocycles. The van der Waals surface area contributed by atoms with Crippen molar-refractivity contribution in [2.24, 2.45) is 0 Å². The molecule has 0 spiro atoms. The summed E-state index contributed by atoms with van der Waals surface area (Å²) in [4.78, 5) is 15.8. The number of hydrogen-bond acceptors (Lipinski definition) is 3. The second-order valence-electron chi connectivity index (χ2n) is 3.74. The maximum absolute atomic E-state index is 11.4. The SMILES string of the molecule is COC(=O)Cn1c(C(C)Cl)nc2ccccc21. The Hall–Kier alpha value is -1.55. The highest BCUT2D eigenvalue weighted by Crippen LogP contribution is 2.24. The van der Waals surface area contributed by atoms with Gasteiger partial charge in [-0.3, -0.25) is 4.79 Å². The third kappa shape index (κ3) is 2.26. The summed E-state index contributed by atoms with van der Waals surface area (Å²) in [7, 11) is 1.37. The Morgan fingerprint density at radius 2 is 2.24 bits per heavy atom. The number of alkyl halides is 1. The average molecular weight is 253 g/mol. The molecule has 0 saturated heterocycles. The minimum Gasteiger partial charge on any atom is -0.468 e. The minimum atomic E-state index is -0.313. The Morgan fingerprint density at radius 3 is 2.88 bits per heavy atom. The molecule has 4 nitrogen and oxygen atoms in total. The quantitative estimate of drug-likeness (QED) is 0.623. The molecular formula is C12H13ClN2O2. The molecule has 2 rings (SSSR count). The molecule has 0 fully saturated rings. The number of fused-ring (bicyclic) bond motifs is 1. The Kier molecular flexibility index (Phi) is 3.33. The van der Waals surface area contributed by atoms with Gasteiger partial charge >= 0.3 is 5.97 Å². The summed E-state index contributed by atoms with van der Waals surface area (Å²) < 4.78 is 6.47. The molecule has 17 heavy (non-hydrogen) atoms. The number of esters is 1. The molecule has 5 heteroatoms. The molecule has 0 radical (unpaired) electrons. The molecule has 1 atom stereocenters. The summed E-state index contributed by atoms with van der Waals surface area (Å²) in [6.45, 7) is 1.96. The monoisotopic (exact) mass is 252 g/mol. The third-order valence-corrected chi connectivity index (χ3v) is 2.75. The Morgan fingerprint density at radius 1 is 1.53 bits per heavy atom. The van der Waals surface area contributed by atoms with Gasteiger partial charge in [0.1, 0.15) is 12.4 Å². The van der Waals surface area contributed by atoms with Gasteiger partial charge in [-0.05, 0) is 19.1 Å². The van der Waals surface area contributed by atoms with E-state index in [0.717, 1.165) is 11.0 Å². The first-order chi connectivity index (χ1) is 8.13. The standard InChI is InChI=1S/C12H13ClN2O2/c1-8(13)12-14-9-5-3-4-6-10(9)15(12)7-11(16)17-2/h3-6,8H,7H2,1-2H3. The van der Waals surface area contributed by atoms with E-state index in [4.69, 9.17) is 11.6 Å². The van der Waals surface area contributed by atoms with Crippen LogP contribution in [0.5, 0.6) is 0 Å². The molecule has 1 aromatic heterocycles. The van der Waals surface area contributed by atoms with Crippen molar-refractivity contribution in [3.8, 4) is 0 Å². The van der Waals surface area contributed by atoms with Crippen LogP contribution in [0.25, 0.3) is 11.0 Å². The topological polar surface area (TPSA) is 44.1 Å². The number of methoxy groups -OCH3 is 1. The highest BCUT2D eigenvalue weighted by molar-refractivity contribution is 6.20. The fraction of sp³-hybridized carbons (Fsp3) is 0.333. The Labute approximate surface area is 104 Å². The summed E-state index contributed by atoms with van der Waals surface area (Å²) in [6.07, 6.45) is 0. The lowest BCUT2D eigenvalue weighted by molar-refractivity contribution is -0.141. The fourth-order valence-corrected chi connectivity index (χ4v) is 1.92. The molecule has 0 saturated carbocycles. The zero-order chi connectivity index (χ0) is 12.4. The van der Waals surface area contributed by atoms with Crippen LogP contribution < -0.4 is 0 Å². The first-order valence-corrected chi connectivity index (χ1v) is 5.73. The van der Waals surface area contributed by atoms with E-state index in [1.807, 2.05) is 31.2 Å². The molecular weight excluding hydrogens is 240 g/mol. The van der Waals surface area contributed by atoms with E-state index in [1.54, 1.807) is 4.57 Å². The van der Waals surface area contributed by atoms with Gasteiger partial charge in [0.05, 0.1) is 23.5 Å². The number of hydrogen-bond donors (Lipinski definition) is 0. The zero-order valence-corrected chi connectivity index (χ0v) is 10.4. The van der Waals surface area contributed by atoms with E-state index in [2.05, 4.69) is 9.72 Å². The average Bonchev–Trinajstić information content (AvgIpc) is 2.68. The molecule has 0 aliphatic carbocycles. The molecule has 0 aliphatic heterocycles. The van der Waals surface area contributed by atoms with Gasteiger partial charge in [-0.25, -0.2) is 4.98 Å². The maximum Gasteiger partial charge on any atom is 0.325 e. The minimum absolute atomic E-state index is 0.128. The lowest BCUT2D eigenvalue weighted by Gasteiger charge is -2.08. The van der Waals surface area contributed by atoms with E-state index in [-0.39, 0.29) is 17.9 Å². The fourth-order valence-electron chi connectivity index (χ4n) is 1.76. The van der Waals surface area contributed by atoms with Gasteiger partial charge in [0.15, 0.2) is 0 Å². The van der Waals surface area contributed by atoms with Gasteiger partial charge < -0.3 is 9.30 Å². The van der Waals surface area contributed by atoms with Crippen molar-refractivity contribution in [1.29, 1.82) is 0 Å². The molecule has 0 bridgehead atoms. The van der Waals surface area contributed by atoms with Crippen LogP contribution in [-0.4, -0.2) is 22.6 Å². The van der Waals surface area contributed by atoms with Crippen LogP contribution in [0, 0.1) is 0 Å². The van der Waals surface area contributed by atoms with Gasteiger partial charge in [0, 0.05) is 0 Å². The van der Waals surface area contributed by atoms with E-state index in [9.17, 15) is 4.79 Å². The number of para-hydroxylation sites is 2. The normalized spacial score (nSPS) is 12.6. The van der Waals surface area contributed by atoms with E-state index in [0.29, 0.717) is 5.82 Å². The molecule has 0 aliphatic rings. The van der Waals surface area contributed by atoms with Crippen molar-refractivity contribution in [3.05, 3.63) is 30.1 Å². The second-order valence-corrected chi connectivity index (χ2v) is 4.39. The molecule has 90 valence electrons. The first-order valence-electron chi connectivity index (χ1n) is 5.29. The third-order valence-electron chi connectivity index (χ3n) is 2.55. The van der Waals surface area contributed by atoms with Crippen LogP contribution >= 0.6 is 11.6 Å². The van der Waals surface area contributed by atoms with Crippen LogP contribution in [-0.2, 0) is 16.1 Å². The lowest BCUT2D eigenvalue weighted by atomic mass is 10.3. The number of nitrogens with zero attached hydrogens (tertiary/aromatic N) is 2. The van der Waals surface area contributed by atoms with Crippen LogP contribution in [0.1, 0.15) is 18.1 Å². The van der Waals surface area contributed by atoms with Crippen LogP contribution in [0.2, 0.25) is 0 Å². The summed E-state index contributed by atoms with van der Waals surface area (Å²) in [5.74, 6) is 0.366. The van der Waals surface area contributed by atoms with Crippen LogP contribution in [0.15, 0.2) is 24.3 Å². The Bertz CT molecular complexity index is 548. The van der Waals surface area contributed by atoms with E-state index >= 15 is 0 Å². The van der Waals surface area contributed by atoms with Crippen molar-refractivity contribution < 1.29 is 9.53 Å². The number of carbonyl (C=O) groups is 1. The van der Waals surface area contributed by atoms with Gasteiger partial charge in [0.2, 0.25) is 0 Å². The predicted octanol–water partition coefficient (Wildman–Crippen LogP) is 2.51. The zero-order valence-electron chi connectivity index (χ0n) is 9.68. The first kappa shape index (κ1) is 11.9. The molecule has 2 aromatic rings. The molecule has 0 amide bonds. The van der Waals surface area contributed by atoms with Crippen molar-refractivity contribution in [2.75, 3.05) is 7.11 Å². The van der Waals surface area contributed by atoms with Crippen LogP contribution in [0.4, 0.5) is 0 Å². The predicted molar refractivity (Wildman–Crippen MR) is 66.0 cm³/mol. The second kappa shape index (κ2) is 4.75. The summed E-state index contributed by atoms with van der Waals surface area (Å²) in [6, 6.07) is 7.61. The number of rotatable bonds is 3. The van der Waals surface area contributed by atoms with Crippen molar-refractivity contribution in [2.45, 2.75) is 18.8 Å². The smallest absolute Gasteiger partial charge is 0.325 e. The summed E-state index contributed by atoms with van der Waals surface area (Å²) in [5, 5.41) is -0.257. The Balaban J connectivity index is 2.55. The van der Waals surface area contributed by atoms with Gasteiger partial charge in [-0.15, -0.1) is 11.6 Å². The highest BCUT2D eigenvalue weighted by Gasteiger charge is 2.16. The van der Waals surface area contributed by atoms with Gasteiger partial charge in [0.25, 0.3) is 0 Å². The highest BCUT2D eigenvalue weighted by atomic mass is 35.5. The molecule has 0 N–H and O–H groups in total. The van der Waals surface area contributed by atoms with Crippen molar-refractivity contribution in [3.63, 3.8) is 0 Å². The van der Waals surface area contributed by atoms with E-state index < -0.39 is 0 Å². The summed E-state index contributed by atoms with van der Waals surface area (Å²) in [5.41, 5.74) is 1.72. The lowest BCUT2D eigenvalue weighted by Crippen LogP contribution is -2.14. The number of halogens is 1. The van der Waals surface area contributed by atoms with Crippen molar-refractivity contribution >= 4 is 28.6 Å². The maximum atomic E-state index is 11.4. The molecule has 1 aromatic carbocycles. The van der Waals surface area contributed by atoms with Gasteiger partial charge in [-0.1, -0.05) is 12.1 Å². The van der Waals surface area contributed by atoms with Crippen LogP contribution in [0.3, 0.4) is 0 Å². The van der Waals surface area contributed by atoms with Crippen molar-refractivity contribution in [1.82, 2.24) is 9.55 Å². The number of benzene rings is 1. The molecule has 1 unspecified atom stereocenters. The van der Waals surface area contributed by atoms with Gasteiger partial charge in [-0.2, -0.15) is 0 Å². The number of ether oxygens (including phenoxy) is 1. The van der Waals surface area contributed by atoms with E-state index in [1.165, 1.54) is 7.11 Å². The largest absolute Gasteiger partial charge is 0.468 e. The number of aromatic nitrogens is 2.